The fourth-order valence-corrected chi connectivity index (χ4v) is 3.90. The number of aromatic amines is 1. The van der Waals surface area contributed by atoms with Crippen molar-refractivity contribution < 1.29 is 0 Å². The molecule has 1 saturated heterocycles. The van der Waals surface area contributed by atoms with Crippen LogP contribution in [-0.4, -0.2) is 41.1 Å². The highest BCUT2D eigenvalue weighted by Crippen LogP contribution is 2.33. The summed E-state index contributed by atoms with van der Waals surface area (Å²) in [6.07, 6.45) is 7.59. The van der Waals surface area contributed by atoms with E-state index in [1.165, 1.54) is 16.8 Å². The number of para-hydroxylation sites is 1. The van der Waals surface area contributed by atoms with Crippen molar-refractivity contribution in [3.63, 3.8) is 0 Å². The molecule has 1 N–H and O–H groups in total. The Morgan fingerprint density at radius 1 is 0.778 bits per heavy atom. The number of benzene rings is 1. The Bertz CT molecular complexity index is 1050. The summed E-state index contributed by atoms with van der Waals surface area (Å²) < 4.78 is 0. The Labute approximate surface area is 158 Å². The van der Waals surface area contributed by atoms with Gasteiger partial charge in [-0.15, -0.1) is 0 Å². The normalized spacial score (nSPS) is 14.7. The van der Waals surface area contributed by atoms with E-state index in [0.717, 1.165) is 43.0 Å². The summed E-state index contributed by atoms with van der Waals surface area (Å²) in [5, 5.41) is 1.21. The van der Waals surface area contributed by atoms with Crippen LogP contribution in [0.3, 0.4) is 0 Å². The van der Waals surface area contributed by atoms with Gasteiger partial charge in [0.1, 0.15) is 0 Å². The van der Waals surface area contributed by atoms with Gasteiger partial charge in [0.2, 0.25) is 0 Å². The van der Waals surface area contributed by atoms with Gasteiger partial charge in [0.25, 0.3) is 0 Å². The number of anilines is 2. The molecule has 1 fully saturated rings. The predicted octanol–water partition coefficient (Wildman–Crippen LogP) is 3.95. The number of H-pyrrole nitrogens is 1. The molecular formula is C22H21N5. The summed E-state index contributed by atoms with van der Waals surface area (Å²) in [6.45, 7) is 3.93. The number of rotatable bonds is 3. The maximum Gasteiger partial charge on any atom is 0.0956 e. The second kappa shape index (κ2) is 6.76. The lowest BCUT2D eigenvalue weighted by Crippen LogP contribution is -2.46. The van der Waals surface area contributed by atoms with E-state index in [4.69, 9.17) is 4.98 Å². The van der Waals surface area contributed by atoms with Crippen molar-refractivity contribution >= 4 is 22.3 Å². The highest BCUT2D eigenvalue weighted by Gasteiger charge is 2.21. The summed E-state index contributed by atoms with van der Waals surface area (Å²) in [6, 6.07) is 16.9. The van der Waals surface area contributed by atoms with Crippen LogP contribution in [0.25, 0.3) is 22.2 Å². The highest BCUT2D eigenvalue weighted by molar-refractivity contribution is 5.96. The lowest BCUT2D eigenvalue weighted by molar-refractivity contribution is 0.653. The van der Waals surface area contributed by atoms with E-state index in [9.17, 15) is 0 Å². The molecule has 1 aliphatic rings. The van der Waals surface area contributed by atoms with E-state index in [2.05, 4.69) is 62.2 Å². The van der Waals surface area contributed by atoms with Crippen LogP contribution in [0.1, 0.15) is 0 Å². The molecule has 134 valence electrons. The Morgan fingerprint density at radius 2 is 1.59 bits per heavy atom. The zero-order valence-electron chi connectivity index (χ0n) is 15.0. The summed E-state index contributed by atoms with van der Waals surface area (Å²) in [7, 11) is 0. The number of fused-ring (bicyclic) bond motifs is 1. The van der Waals surface area contributed by atoms with Crippen molar-refractivity contribution in [1.29, 1.82) is 0 Å². The summed E-state index contributed by atoms with van der Waals surface area (Å²) in [4.78, 5) is 17.1. The van der Waals surface area contributed by atoms with Gasteiger partial charge in [-0.3, -0.25) is 9.97 Å². The molecule has 5 rings (SSSR count). The topological polar surface area (TPSA) is 48.1 Å². The highest BCUT2D eigenvalue weighted by atomic mass is 15.3. The lowest BCUT2D eigenvalue weighted by Gasteiger charge is -2.37. The van der Waals surface area contributed by atoms with E-state index in [1.807, 2.05) is 30.9 Å². The van der Waals surface area contributed by atoms with Crippen molar-refractivity contribution in [2.75, 3.05) is 36.0 Å². The molecule has 4 heterocycles. The minimum Gasteiger partial charge on any atom is -0.368 e. The number of aromatic nitrogens is 3. The fourth-order valence-electron chi connectivity index (χ4n) is 3.90. The first-order valence-electron chi connectivity index (χ1n) is 9.31. The van der Waals surface area contributed by atoms with Crippen molar-refractivity contribution in [2.24, 2.45) is 0 Å². The Morgan fingerprint density at radius 3 is 2.44 bits per heavy atom. The number of nitrogens with zero attached hydrogens (tertiary/aromatic N) is 4. The standard InChI is InChI=1S/C22H21N5/c1-3-17-6-12-25-21(17)19(4-1)22-20(5-2-9-24-22)27-15-13-26(14-16-27)18-7-10-23-11-8-18/h1-12,25H,13-16H2. The molecule has 1 aromatic carbocycles. The Kier molecular flexibility index (Phi) is 3.98. The first-order valence-corrected chi connectivity index (χ1v) is 9.31. The summed E-state index contributed by atoms with van der Waals surface area (Å²) >= 11 is 0. The molecule has 5 heteroatoms. The van der Waals surface area contributed by atoms with Crippen molar-refractivity contribution in [3.8, 4) is 11.3 Å². The molecule has 27 heavy (non-hydrogen) atoms. The molecule has 0 spiro atoms. The van der Waals surface area contributed by atoms with Gasteiger partial charge >= 0.3 is 0 Å². The Balaban J connectivity index is 1.45. The molecule has 3 aromatic heterocycles. The fraction of sp³-hybridized carbons (Fsp3) is 0.182. The van der Waals surface area contributed by atoms with Crippen LogP contribution in [0.4, 0.5) is 11.4 Å². The number of pyridine rings is 2. The van der Waals surface area contributed by atoms with Gasteiger partial charge in [0.05, 0.1) is 16.9 Å². The molecule has 0 radical (unpaired) electrons. The molecule has 0 saturated carbocycles. The molecule has 0 unspecified atom stereocenters. The smallest absolute Gasteiger partial charge is 0.0956 e. The Hall–Kier alpha value is -3.34. The lowest BCUT2D eigenvalue weighted by atomic mass is 10.1. The van der Waals surface area contributed by atoms with Crippen LogP contribution >= 0.6 is 0 Å². The molecule has 4 aromatic rings. The van der Waals surface area contributed by atoms with Gasteiger partial charge in [-0.05, 0) is 30.3 Å². The zero-order chi connectivity index (χ0) is 18.1. The number of nitrogens with one attached hydrogen (secondary N) is 1. The van der Waals surface area contributed by atoms with Crippen molar-refractivity contribution in [3.05, 3.63) is 73.3 Å². The SMILES string of the molecule is c1cnc(-c2cccc3cc[nH]c23)c(N2CCN(c3ccncc3)CC2)c1. The largest absolute Gasteiger partial charge is 0.368 e. The summed E-state index contributed by atoms with van der Waals surface area (Å²) in [5.41, 5.74) is 5.79. The van der Waals surface area contributed by atoms with Crippen molar-refractivity contribution in [1.82, 2.24) is 15.0 Å². The minimum atomic E-state index is 0.974. The number of piperazine rings is 1. The second-order valence-corrected chi connectivity index (χ2v) is 6.80. The quantitative estimate of drug-likeness (QED) is 0.604. The van der Waals surface area contributed by atoms with Gasteiger partial charge in [0.15, 0.2) is 0 Å². The monoisotopic (exact) mass is 355 g/mol. The van der Waals surface area contributed by atoms with Crippen LogP contribution < -0.4 is 9.80 Å². The third kappa shape index (κ3) is 2.91. The average Bonchev–Trinajstić information content (AvgIpc) is 3.24. The van der Waals surface area contributed by atoms with E-state index >= 15 is 0 Å². The second-order valence-electron chi connectivity index (χ2n) is 6.80. The van der Waals surface area contributed by atoms with E-state index in [-0.39, 0.29) is 0 Å². The minimum absolute atomic E-state index is 0.974. The molecule has 1 aliphatic heterocycles. The average molecular weight is 355 g/mol. The maximum atomic E-state index is 4.75. The van der Waals surface area contributed by atoms with Gasteiger partial charge in [-0.1, -0.05) is 18.2 Å². The number of hydrogen-bond acceptors (Lipinski definition) is 4. The van der Waals surface area contributed by atoms with Crippen LogP contribution in [0.5, 0.6) is 0 Å². The van der Waals surface area contributed by atoms with Crippen LogP contribution in [0, 0.1) is 0 Å². The van der Waals surface area contributed by atoms with E-state index < -0.39 is 0 Å². The molecule has 0 atom stereocenters. The van der Waals surface area contributed by atoms with Crippen LogP contribution in [-0.2, 0) is 0 Å². The van der Waals surface area contributed by atoms with Crippen LogP contribution in [0.15, 0.2) is 73.3 Å². The third-order valence-electron chi connectivity index (χ3n) is 5.28. The zero-order valence-corrected chi connectivity index (χ0v) is 15.0. The van der Waals surface area contributed by atoms with Gasteiger partial charge in [0, 0.05) is 67.6 Å². The molecule has 0 amide bonds. The third-order valence-corrected chi connectivity index (χ3v) is 5.28. The van der Waals surface area contributed by atoms with Crippen LogP contribution in [0.2, 0.25) is 0 Å². The van der Waals surface area contributed by atoms with Gasteiger partial charge < -0.3 is 14.8 Å². The number of hydrogen-bond donors (Lipinski definition) is 1. The van der Waals surface area contributed by atoms with E-state index in [0.29, 0.717) is 0 Å². The summed E-state index contributed by atoms with van der Waals surface area (Å²) in [5.74, 6) is 0. The molecule has 5 nitrogen and oxygen atoms in total. The first-order chi connectivity index (χ1) is 13.4. The maximum absolute atomic E-state index is 4.75. The van der Waals surface area contributed by atoms with Gasteiger partial charge in [-0.25, -0.2) is 0 Å². The van der Waals surface area contributed by atoms with Crippen molar-refractivity contribution in [2.45, 2.75) is 0 Å². The predicted molar refractivity (Wildman–Crippen MR) is 110 cm³/mol. The first kappa shape index (κ1) is 15.9. The molecule has 0 bridgehead atoms. The molecular weight excluding hydrogens is 334 g/mol. The van der Waals surface area contributed by atoms with Gasteiger partial charge in [-0.2, -0.15) is 0 Å². The van der Waals surface area contributed by atoms with E-state index in [1.54, 1.807) is 0 Å². The molecule has 0 aliphatic carbocycles.